The zero-order chi connectivity index (χ0) is 12.9. The van der Waals surface area contributed by atoms with E-state index in [0.29, 0.717) is 23.8 Å². The molecule has 0 saturated heterocycles. The molecule has 0 spiro atoms. The normalized spacial score (nSPS) is 12.1. The zero-order valence-corrected chi connectivity index (χ0v) is 12.1. The smallest absolute Gasteiger partial charge is 0.312 e. The van der Waals surface area contributed by atoms with Gasteiger partial charge < -0.3 is 5.32 Å². The summed E-state index contributed by atoms with van der Waals surface area (Å²) in [6, 6.07) is 1.91. The van der Waals surface area contributed by atoms with Crippen LogP contribution in [0.1, 0.15) is 24.1 Å². The summed E-state index contributed by atoms with van der Waals surface area (Å²) in [6.45, 7) is 1.23. The maximum Gasteiger partial charge on any atom is 0.389 e. The molecule has 1 N–H and O–H groups in total. The van der Waals surface area contributed by atoms with Gasteiger partial charge in [0.15, 0.2) is 0 Å². The quantitative estimate of drug-likeness (QED) is 0.713. The number of unbranched alkanes of at least 4 members (excludes halogenated alkanes) is 1. The van der Waals surface area contributed by atoms with Gasteiger partial charge in [-0.2, -0.15) is 13.2 Å². The van der Waals surface area contributed by atoms with E-state index in [1.54, 1.807) is 0 Å². The van der Waals surface area contributed by atoms with Crippen LogP contribution in [0.15, 0.2) is 10.5 Å². The maximum atomic E-state index is 11.8. The third-order valence-electron chi connectivity index (χ3n) is 2.06. The van der Waals surface area contributed by atoms with Gasteiger partial charge in [-0.1, -0.05) is 11.6 Å². The number of hydrogen-bond acceptors (Lipinski definition) is 2. The van der Waals surface area contributed by atoms with E-state index in [1.165, 1.54) is 11.3 Å². The second kappa shape index (κ2) is 6.97. The molecule has 1 nitrogen and oxygen atoms in total. The predicted molar refractivity (Wildman–Crippen MR) is 68.6 cm³/mol. The molecular formula is C10H12BrClF3NS. The fourth-order valence-electron chi connectivity index (χ4n) is 1.27. The van der Waals surface area contributed by atoms with Gasteiger partial charge in [-0.3, -0.25) is 0 Å². The van der Waals surface area contributed by atoms with Crippen LogP contribution in [0.5, 0.6) is 0 Å². The van der Waals surface area contributed by atoms with E-state index < -0.39 is 12.6 Å². The first-order valence-electron chi connectivity index (χ1n) is 5.09. The van der Waals surface area contributed by atoms with E-state index in [1.807, 2.05) is 6.07 Å². The number of halogens is 5. The number of alkyl halides is 3. The van der Waals surface area contributed by atoms with Crippen LogP contribution in [0.25, 0.3) is 0 Å². The maximum absolute atomic E-state index is 11.8. The summed E-state index contributed by atoms with van der Waals surface area (Å²) < 4.78 is 37.1. The highest BCUT2D eigenvalue weighted by atomic mass is 79.9. The molecule has 1 aromatic rings. The highest BCUT2D eigenvalue weighted by molar-refractivity contribution is 9.10. The SMILES string of the molecule is FC(F)(F)CCCCNCc1cc(Br)c(Cl)s1. The second-order valence-electron chi connectivity index (χ2n) is 3.58. The minimum absolute atomic E-state index is 0.172. The van der Waals surface area contributed by atoms with Crippen molar-refractivity contribution in [3.63, 3.8) is 0 Å². The lowest BCUT2D eigenvalue weighted by atomic mass is 10.2. The van der Waals surface area contributed by atoms with E-state index >= 15 is 0 Å². The van der Waals surface area contributed by atoms with Gasteiger partial charge in [0.2, 0.25) is 0 Å². The molecule has 0 radical (unpaired) electrons. The fourth-order valence-corrected chi connectivity index (χ4v) is 3.03. The Hall–Kier alpha value is 0.220. The summed E-state index contributed by atoms with van der Waals surface area (Å²) in [5, 5.41) is 3.09. The molecule has 0 aliphatic carbocycles. The highest BCUT2D eigenvalue weighted by Crippen LogP contribution is 2.31. The Bertz CT molecular complexity index is 334. The van der Waals surface area contributed by atoms with E-state index in [9.17, 15) is 13.2 Å². The van der Waals surface area contributed by atoms with E-state index in [0.717, 1.165) is 9.35 Å². The first-order valence-corrected chi connectivity index (χ1v) is 7.08. The minimum Gasteiger partial charge on any atom is -0.312 e. The first kappa shape index (κ1) is 15.3. The Balaban J connectivity index is 2.09. The van der Waals surface area contributed by atoms with Crippen LogP contribution in [-0.4, -0.2) is 12.7 Å². The third-order valence-corrected chi connectivity index (χ3v) is 4.53. The third kappa shape index (κ3) is 6.64. The molecule has 98 valence electrons. The van der Waals surface area contributed by atoms with Gasteiger partial charge in [-0.05, 0) is 41.4 Å². The van der Waals surface area contributed by atoms with Gasteiger partial charge in [0.1, 0.15) is 4.34 Å². The lowest BCUT2D eigenvalue weighted by Crippen LogP contribution is -2.15. The standard InChI is InChI=1S/C10H12BrClF3NS/c11-8-5-7(17-9(8)12)6-16-4-2-1-3-10(13,14)15/h5,16H,1-4,6H2. The molecule has 0 unspecified atom stereocenters. The van der Waals surface area contributed by atoms with Crippen molar-refractivity contribution < 1.29 is 13.2 Å². The average molecular weight is 351 g/mol. The van der Waals surface area contributed by atoms with Crippen LogP contribution < -0.4 is 5.32 Å². The van der Waals surface area contributed by atoms with Crippen molar-refractivity contribution in [1.82, 2.24) is 5.32 Å². The summed E-state index contributed by atoms with van der Waals surface area (Å²) in [7, 11) is 0. The molecule has 0 saturated carbocycles. The number of nitrogens with one attached hydrogen (secondary N) is 1. The Morgan fingerprint density at radius 2 is 2.06 bits per heavy atom. The van der Waals surface area contributed by atoms with Crippen molar-refractivity contribution in [2.75, 3.05) is 6.54 Å². The largest absolute Gasteiger partial charge is 0.389 e. The molecule has 0 amide bonds. The van der Waals surface area contributed by atoms with Gasteiger partial charge in [0.05, 0.1) is 0 Å². The van der Waals surface area contributed by atoms with Crippen LogP contribution in [0.4, 0.5) is 13.2 Å². The first-order chi connectivity index (χ1) is 7.88. The Morgan fingerprint density at radius 3 is 2.59 bits per heavy atom. The minimum atomic E-state index is -4.04. The Morgan fingerprint density at radius 1 is 1.35 bits per heavy atom. The molecule has 0 bridgehead atoms. The average Bonchev–Trinajstić information content (AvgIpc) is 2.50. The van der Waals surface area contributed by atoms with Gasteiger partial charge in [0.25, 0.3) is 0 Å². The summed E-state index contributed by atoms with van der Waals surface area (Å²) in [5.74, 6) is 0. The topological polar surface area (TPSA) is 12.0 Å². The van der Waals surface area contributed by atoms with E-state index in [4.69, 9.17) is 11.6 Å². The highest BCUT2D eigenvalue weighted by Gasteiger charge is 2.25. The molecule has 0 aliphatic heterocycles. The molecule has 0 atom stereocenters. The Labute approximate surface area is 115 Å². The molecular weight excluding hydrogens is 339 g/mol. The van der Waals surface area contributed by atoms with E-state index in [-0.39, 0.29) is 6.42 Å². The van der Waals surface area contributed by atoms with Crippen molar-refractivity contribution in [3.8, 4) is 0 Å². The van der Waals surface area contributed by atoms with Crippen molar-refractivity contribution in [2.24, 2.45) is 0 Å². The van der Waals surface area contributed by atoms with Gasteiger partial charge in [0, 0.05) is 22.3 Å². The summed E-state index contributed by atoms with van der Waals surface area (Å²) in [4.78, 5) is 1.07. The zero-order valence-electron chi connectivity index (χ0n) is 8.91. The van der Waals surface area contributed by atoms with Gasteiger partial charge in [-0.15, -0.1) is 11.3 Å². The van der Waals surface area contributed by atoms with Crippen LogP contribution in [0.2, 0.25) is 4.34 Å². The lowest BCUT2D eigenvalue weighted by Gasteiger charge is -2.06. The fraction of sp³-hybridized carbons (Fsp3) is 0.600. The van der Waals surface area contributed by atoms with Gasteiger partial charge in [-0.25, -0.2) is 0 Å². The Kier molecular flexibility index (Phi) is 6.26. The molecule has 1 rings (SSSR count). The van der Waals surface area contributed by atoms with E-state index in [2.05, 4.69) is 21.2 Å². The van der Waals surface area contributed by atoms with Crippen molar-refractivity contribution >= 4 is 38.9 Å². The summed E-state index contributed by atoms with van der Waals surface area (Å²) in [5.41, 5.74) is 0. The van der Waals surface area contributed by atoms with Crippen LogP contribution in [-0.2, 0) is 6.54 Å². The van der Waals surface area contributed by atoms with Gasteiger partial charge >= 0.3 is 6.18 Å². The van der Waals surface area contributed by atoms with Crippen LogP contribution in [0, 0.1) is 0 Å². The number of thiophene rings is 1. The van der Waals surface area contributed by atoms with Crippen LogP contribution in [0.3, 0.4) is 0 Å². The summed E-state index contributed by atoms with van der Waals surface area (Å²) in [6.07, 6.45) is -4.04. The van der Waals surface area contributed by atoms with Crippen molar-refractivity contribution in [2.45, 2.75) is 32.0 Å². The van der Waals surface area contributed by atoms with Crippen LogP contribution >= 0.6 is 38.9 Å². The van der Waals surface area contributed by atoms with Crippen molar-refractivity contribution in [3.05, 3.63) is 19.8 Å². The second-order valence-corrected chi connectivity index (χ2v) is 6.18. The molecule has 17 heavy (non-hydrogen) atoms. The monoisotopic (exact) mass is 349 g/mol. The molecule has 0 aliphatic rings. The number of rotatable bonds is 6. The predicted octanol–water partition coefficient (Wildman–Crippen LogP) is 4.99. The molecule has 0 fully saturated rings. The molecule has 1 heterocycles. The summed E-state index contributed by atoms with van der Waals surface area (Å²) >= 11 is 10.6. The molecule has 0 aromatic carbocycles. The molecule has 1 aromatic heterocycles. The number of hydrogen-bond donors (Lipinski definition) is 1. The van der Waals surface area contributed by atoms with Crippen molar-refractivity contribution in [1.29, 1.82) is 0 Å². The molecule has 7 heteroatoms. The lowest BCUT2D eigenvalue weighted by molar-refractivity contribution is -0.135.